The highest BCUT2D eigenvalue weighted by atomic mass is 16.5. The normalized spacial score (nSPS) is 11.9. The molecule has 0 atom stereocenters. The van der Waals surface area contributed by atoms with Gasteiger partial charge in [-0.05, 0) is 20.8 Å². The van der Waals surface area contributed by atoms with Gasteiger partial charge >= 0.3 is 0 Å². The molecular formula is C13H23N3O. The third-order valence-corrected chi connectivity index (χ3v) is 2.64. The van der Waals surface area contributed by atoms with E-state index in [1.807, 2.05) is 26.8 Å². The number of hydrogen-bond donors (Lipinski definition) is 1. The molecule has 1 aromatic rings. The van der Waals surface area contributed by atoms with Crippen molar-refractivity contribution in [1.29, 1.82) is 0 Å². The average molecular weight is 237 g/mol. The molecule has 0 aliphatic rings. The minimum atomic E-state index is -0.198. The maximum atomic E-state index is 5.36. The molecule has 1 aromatic heterocycles. The van der Waals surface area contributed by atoms with Crippen molar-refractivity contribution in [3.05, 3.63) is 17.6 Å². The Kier molecular flexibility index (Phi) is 4.46. The molecule has 0 saturated carbocycles. The van der Waals surface area contributed by atoms with Gasteiger partial charge in [-0.2, -0.15) is 0 Å². The summed E-state index contributed by atoms with van der Waals surface area (Å²) in [4.78, 5) is 8.91. The quantitative estimate of drug-likeness (QED) is 0.855. The molecule has 96 valence electrons. The second-order valence-electron chi connectivity index (χ2n) is 5.22. The molecule has 1 N–H and O–H groups in total. The van der Waals surface area contributed by atoms with E-state index in [0.29, 0.717) is 5.92 Å². The molecule has 0 aromatic carbocycles. The molecule has 0 unspecified atom stereocenters. The Hall–Kier alpha value is -1.16. The Morgan fingerprint density at radius 1 is 1.35 bits per heavy atom. The molecule has 4 heteroatoms. The Labute approximate surface area is 104 Å². The van der Waals surface area contributed by atoms with Gasteiger partial charge in [-0.1, -0.05) is 13.8 Å². The molecule has 17 heavy (non-hydrogen) atoms. The van der Waals surface area contributed by atoms with E-state index < -0.39 is 0 Å². The van der Waals surface area contributed by atoms with Crippen LogP contribution in [-0.4, -0.2) is 29.2 Å². The molecule has 0 aliphatic heterocycles. The number of nitrogens with one attached hydrogen (secondary N) is 1. The molecular weight excluding hydrogens is 214 g/mol. The van der Waals surface area contributed by atoms with Gasteiger partial charge in [-0.25, -0.2) is 9.97 Å². The first kappa shape index (κ1) is 13.9. The van der Waals surface area contributed by atoms with Gasteiger partial charge in [0.05, 0.1) is 5.60 Å². The summed E-state index contributed by atoms with van der Waals surface area (Å²) in [6.45, 7) is 11.0. The second kappa shape index (κ2) is 5.45. The molecule has 0 spiro atoms. The van der Waals surface area contributed by atoms with Crippen molar-refractivity contribution in [2.24, 2.45) is 0 Å². The molecule has 4 nitrogen and oxygen atoms in total. The lowest BCUT2D eigenvalue weighted by molar-refractivity contribution is 0.0343. The highest BCUT2D eigenvalue weighted by molar-refractivity contribution is 5.36. The van der Waals surface area contributed by atoms with Crippen molar-refractivity contribution in [3.63, 3.8) is 0 Å². The number of methoxy groups -OCH3 is 1. The van der Waals surface area contributed by atoms with Crippen LogP contribution in [0, 0.1) is 6.92 Å². The Bertz CT molecular complexity index is 375. The maximum Gasteiger partial charge on any atom is 0.133 e. The van der Waals surface area contributed by atoms with E-state index >= 15 is 0 Å². The minimum absolute atomic E-state index is 0.198. The van der Waals surface area contributed by atoms with E-state index in [4.69, 9.17) is 4.74 Å². The van der Waals surface area contributed by atoms with E-state index in [9.17, 15) is 0 Å². The predicted molar refractivity (Wildman–Crippen MR) is 70.4 cm³/mol. The van der Waals surface area contributed by atoms with Gasteiger partial charge in [0, 0.05) is 31.3 Å². The van der Waals surface area contributed by atoms with Gasteiger partial charge in [0.1, 0.15) is 11.6 Å². The summed E-state index contributed by atoms with van der Waals surface area (Å²) >= 11 is 0. The average Bonchev–Trinajstić information content (AvgIpc) is 2.26. The van der Waals surface area contributed by atoms with Crippen molar-refractivity contribution in [3.8, 4) is 0 Å². The van der Waals surface area contributed by atoms with Crippen LogP contribution in [0.25, 0.3) is 0 Å². The molecule has 0 fully saturated rings. The van der Waals surface area contributed by atoms with E-state index in [1.54, 1.807) is 7.11 Å². The van der Waals surface area contributed by atoms with Gasteiger partial charge in [-0.3, -0.25) is 0 Å². The van der Waals surface area contributed by atoms with Crippen LogP contribution in [0.15, 0.2) is 6.07 Å². The van der Waals surface area contributed by atoms with Crippen LogP contribution in [0.5, 0.6) is 0 Å². The molecule has 0 aliphatic carbocycles. The number of anilines is 1. The van der Waals surface area contributed by atoms with Crippen LogP contribution in [0.4, 0.5) is 5.82 Å². The van der Waals surface area contributed by atoms with Crippen LogP contribution in [0.3, 0.4) is 0 Å². The van der Waals surface area contributed by atoms with Gasteiger partial charge in [0.15, 0.2) is 0 Å². The fourth-order valence-corrected chi connectivity index (χ4v) is 1.32. The lowest BCUT2D eigenvalue weighted by Crippen LogP contribution is -2.32. The van der Waals surface area contributed by atoms with Gasteiger partial charge in [0.25, 0.3) is 0 Å². The Balaban J connectivity index is 2.78. The monoisotopic (exact) mass is 237 g/mol. The van der Waals surface area contributed by atoms with E-state index in [-0.39, 0.29) is 5.60 Å². The first-order valence-electron chi connectivity index (χ1n) is 5.98. The fraction of sp³-hybridized carbons (Fsp3) is 0.692. The van der Waals surface area contributed by atoms with Crippen molar-refractivity contribution in [1.82, 2.24) is 9.97 Å². The zero-order chi connectivity index (χ0) is 13.1. The van der Waals surface area contributed by atoms with Crippen LogP contribution in [-0.2, 0) is 4.74 Å². The summed E-state index contributed by atoms with van der Waals surface area (Å²) in [5.41, 5.74) is 0.790. The smallest absolute Gasteiger partial charge is 0.133 e. The first-order valence-corrected chi connectivity index (χ1v) is 5.98. The van der Waals surface area contributed by atoms with Crippen molar-refractivity contribution < 1.29 is 4.74 Å². The summed E-state index contributed by atoms with van der Waals surface area (Å²) < 4.78 is 5.36. The topological polar surface area (TPSA) is 47.0 Å². The molecule has 1 heterocycles. The summed E-state index contributed by atoms with van der Waals surface area (Å²) in [7, 11) is 1.71. The zero-order valence-electron chi connectivity index (χ0n) is 11.7. The highest BCUT2D eigenvalue weighted by Crippen LogP contribution is 2.15. The van der Waals surface area contributed by atoms with E-state index in [2.05, 4.69) is 29.1 Å². The maximum absolute atomic E-state index is 5.36. The van der Waals surface area contributed by atoms with Gasteiger partial charge in [-0.15, -0.1) is 0 Å². The molecule has 0 bridgehead atoms. The van der Waals surface area contributed by atoms with E-state index in [1.165, 1.54) is 0 Å². The van der Waals surface area contributed by atoms with Crippen molar-refractivity contribution in [2.75, 3.05) is 19.0 Å². The lowest BCUT2D eigenvalue weighted by atomic mass is 10.1. The highest BCUT2D eigenvalue weighted by Gasteiger charge is 2.16. The third kappa shape index (κ3) is 4.30. The number of ether oxygens (including phenoxy) is 1. The number of aryl methyl sites for hydroxylation is 1. The van der Waals surface area contributed by atoms with Gasteiger partial charge < -0.3 is 10.1 Å². The van der Waals surface area contributed by atoms with Crippen LogP contribution >= 0.6 is 0 Å². The summed E-state index contributed by atoms with van der Waals surface area (Å²) in [5, 5.41) is 3.30. The molecule has 0 radical (unpaired) electrons. The van der Waals surface area contributed by atoms with Crippen LogP contribution < -0.4 is 5.32 Å². The largest absolute Gasteiger partial charge is 0.377 e. The van der Waals surface area contributed by atoms with Crippen molar-refractivity contribution >= 4 is 5.82 Å². The standard InChI is InChI=1S/C13H23N3O/c1-9(2)12-15-10(3)7-11(16-12)14-8-13(4,5)17-6/h7,9H,8H2,1-6H3,(H,14,15,16). The summed E-state index contributed by atoms with van der Waals surface area (Å²) in [6, 6.07) is 1.96. The van der Waals surface area contributed by atoms with Gasteiger partial charge in [0.2, 0.25) is 0 Å². The number of aromatic nitrogens is 2. The SMILES string of the molecule is COC(C)(C)CNc1cc(C)nc(C(C)C)n1. The van der Waals surface area contributed by atoms with E-state index in [0.717, 1.165) is 23.9 Å². The fourth-order valence-electron chi connectivity index (χ4n) is 1.32. The molecule has 0 saturated heterocycles. The lowest BCUT2D eigenvalue weighted by Gasteiger charge is -2.23. The number of nitrogens with zero attached hydrogens (tertiary/aromatic N) is 2. The second-order valence-corrected chi connectivity index (χ2v) is 5.22. The van der Waals surface area contributed by atoms with Crippen LogP contribution in [0.2, 0.25) is 0 Å². The van der Waals surface area contributed by atoms with Crippen molar-refractivity contribution in [2.45, 2.75) is 46.1 Å². The Morgan fingerprint density at radius 2 is 2.00 bits per heavy atom. The number of rotatable bonds is 5. The molecule has 1 rings (SSSR count). The predicted octanol–water partition coefficient (Wildman–Crippen LogP) is 2.75. The Morgan fingerprint density at radius 3 is 2.53 bits per heavy atom. The number of hydrogen-bond acceptors (Lipinski definition) is 4. The molecule has 0 amide bonds. The summed E-state index contributed by atoms with van der Waals surface area (Å²) in [5.74, 6) is 2.08. The zero-order valence-corrected chi connectivity index (χ0v) is 11.7. The third-order valence-electron chi connectivity index (χ3n) is 2.64. The first-order chi connectivity index (χ1) is 7.84. The minimum Gasteiger partial charge on any atom is -0.377 e. The van der Waals surface area contributed by atoms with Crippen LogP contribution in [0.1, 0.15) is 45.1 Å². The summed E-state index contributed by atoms with van der Waals surface area (Å²) in [6.07, 6.45) is 0.